The number of halogens is 2. The molecule has 1 aromatic rings. The largest absolute Gasteiger partial charge is 0.381 e. The fourth-order valence-electron chi connectivity index (χ4n) is 2.66. The quantitative estimate of drug-likeness (QED) is 0.867. The molecule has 0 saturated carbocycles. The van der Waals surface area contributed by atoms with Gasteiger partial charge in [-0.25, -0.2) is 0 Å². The number of hydrogen-bond donors (Lipinski definition) is 1. The second-order valence-corrected chi connectivity index (χ2v) is 5.91. The van der Waals surface area contributed by atoms with Crippen LogP contribution in [0, 0.1) is 5.92 Å². The Kier molecular flexibility index (Phi) is 5.96. The SMILES string of the molecule is CCNC(CC1CCOCC1)c1cc(Cl)ccc1Cl. The van der Waals surface area contributed by atoms with E-state index in [-0.39, 0.29) is 6.04 Å². The van der Waals surface area contributed by atoms with Crippen LogP contribution in [0.5, 0.6) is 0 Å². The average Bonchev–Trinajstić information content (AvgIpc) is 2.42. The first-order chi connectivity index (χ1) is 9.20. The van der Waals surface area contributed by atoms with Crippen molar-refractivity contribution >= 4 is 23.2 Å². The third-order valence-electron chi connectivity index (χ3n) is 3.69. The van der Waals surface area contributed by atoms with Crippen LogP contribution in [-0.2, 0) is 4.74 Å². The number of rotatable bonds is 5. The Bertz CT molecular complexity index is 405. The van der Waals surface area contributed by atoms with Gasteiger partial charge >= 0.3 is 0 Å². The highest BCUT2D eigenvalue weighted by Gasteiger charge is 2.21. The van der Waals surface area contributed by atoms with Crippen molar-refractivity contribution in [1.29, 1.82) is 0 Å². The lowest BCUT2D eigenvalue weighted by molar-refractivity contribution is 0.0606. The van der Waals surface area contributed by atoms with E-state index in [1.165, 1.54) is 0 Å². The molecule has 1 unspecified atom stereocenters. The molecule has 1 N–H and O–H groups in total. The summed E-state index contributed by atoms with van der Waals surface area (Å²) in [4.78, 5) is 0. The smallest absolute Gasteiger partial charge is 0.0468 e. The number of benzene rings is 1. The molecule has 19 heavy (non-hydrogen) atoms. The summed E-state index contributed by atoms with van der Waals surface area (Å²) in [5.74, 6) is 0.702. The Morgan fingerprint density at radius 1 is 1.32 bits per heavy atom. The van der Waals surface area contributed by atoms with Crippen LogP contribution in [0.2, 0.25) is 10.0 Å². The summed E-state index contributed by atoms with van der Waals surface area (Å²) >= 11 is 12.4. The molecule has 1 aliphatic heterocycles. The predicted molar refractivity (Wildman–Crippen MR) is 81.0 cm³/mol. The second-order valence-electron chi connectivity index (χ2n) is 5.07. The van der Waals surface area contributed by atoms with Crippen LogP contribution in [0.3, 0.4) is 0 Å². The van der Waals surface area contributed by atoms with Gasteiger partial charge in [0.05, 0.1) is 0 Å². The van der Waals surface area contributed by atoms with Crippen LogP contribution < -0.4 is 5.32 Å². The first-order valence-corrected chi connectivity index (χ1v) is 7.72. The first-order valence-electron chi connectivity index (χ1n) is 6.96. The Labute approximate surface area is 125 Å². The van der Waals surface area contributed by atoms with Crippen LogP contribution in [0.4, 0.5) is 0 Å². The van der Waals surface area contributed by atoms with Crippen LogP contribution in [0.1, 0.15) is 37.8 Å². The standard InChI is InChI=1S/C15H21Cl2NO/c1-2-18-15(9-11-5-7-19-8-6-11)13-10-12(16)3-4-14(13)17/h3-4,10-11,15,18H,2,5-9H2,1H3. The molecule has 2 rings (SSSR count). The fraction of sp³-hybridized carbons (Fsp3) is 0.600. The topological polar surface area (TPSA) is 21.3 Å². The summed E-state index contributed by atoms with van der Waals surface area (Å²) in [6, 6.07) is 5.98. The molecule has 106 valence electrons. The molecule has 0 bridgehead atoms. The lowest BCUT2D eigenvalue weighted by atomic mass is 9.89. The molecule has 0 aromatic heterocycles. The maximum absolute atomic E-state index is 6.32. The highest BCUT2D eigenvalue weighted by molar-refractivity contribution is 6.33. The van der Waals surface area contributed by atoms with Gasteiger partial charge in [-0.1, -0.05) is 30.1 Å². The third-order valence-corrected chi connectivity index (χ3v) is 4.27. The van der Waals surface area contributed by atoms with Crippen LogP contribution in [-0.4, -0.2) is 19.8 Å². The summed E-state index contributed by atoms with van der Waals surface area (Å²) < 4.78 is 5.42. The van der Waals surface area contributed by atoms with Crippen molar-refractivity contribution in [2.75, 3.05) is 19.8 Å². The summed E-state index contributed by atoms with van der Waals surface area (Å²) in [5.41, 5.74) is 1.11. The molecule has 1 fully saturated rings. The predicted octanol–water partition coefficient (Wildman–Crippen LogP) is 4.46. The van der Waals surface area contributed by atoms with E-state index in [2.05, 4.69) is 12.2 Å². The minimum atomic E-state index is 0.277. The molecular formula is C15H21Cl2NO. The van der Waals surface area contributed by atoms with Crippen molar-refractivity contribution < 1.29 is 4.74 Å². The molecular weight excluding hydrogens is 281 g/mol. The zero-order chi connectivity index (χ0) is 13.7. The van der Waals surface area contributed by atoms with Gasteiger partial charge < -0.3 is 10.1 Å². The summed E-state index contributed by atoms with van der Waals surface area (Å²) in [6.45, 7) is 4.81. The van der Waals surface area contributed by atoms with E-state index in [0.717, 1.165) is 54.6 Å². The Balaban J connectivity index is 2.11. The highest BCUT2D eigenvalue weighted by atomic mass is 35.5. The molecule has 1 atom stereocenters. The third kappa shape index (κ3) is 4.35. The summed E-state index contributed by atoms with van der Waals surface area (Å²) in [5, 5.41) is 5.07. The molecule has 1 aromatic carbocycles. The summed E-state index contributed by atoms with van der Waals surface area (Å²) in [6.07, 6.45) is 3.37. The van der Waals surface area contributed by atoms with E-state index in [9.17, 15) is 0 Å². The first kappa shape index (κ1) is 15.1. The van der Waals surface area contributed by atoms with Crippen LogP contribution in [0.15, 0.2) is 18.2 Å². The van der Waals surface area contributed by atoms with Gasteiger partial charge in [0.25, 0.3) is 0 Å². The van der Waals surface area contributed by atoms with Crippen LogP contribution >= 0.6 is 23.2 Å². The van der Waals surface area contributed by atoms with Gasteiger partial charge in [-0.2, -0.15) is 0 Å². The minimum Gasteiger partial charge on any atom is -0.381 e. The molecule has 1 heterocycles. The van der Waals surface area contributed by atoms with Crippen molar-refractivity contribution in [3.05, 3.63) is 33.8 Å². The van der Waals surface area contributed by atoms with E-state index >= 15 is 0 Å². The molecule has 4 heteroatoms. The van der Waals surface area contributed by atoms with Crippen molar-refractivity contribution in [3.8, 4) is 0 Å². The van der Waals surface area contributed by atoms with E-state index in [4.69, 9.17) is 27.9 Å². The fourth-order valence-corrected chi connectivity index (χ4v) is 3.09. The van der Waals surface area contributed by atoms with Crippen molar-refractivity contribution in [2.24, 2.45) is 5.92 Å². The average molecular weight is 302 g/mol. The number of ether oxygens (including phenoxy) is 1. The van der Waals surface area contributed by atoms with Gasteiger partial charge in [-0.15, -0.1) is 0 Å². The summed E-state index contributed by atoms with van der Waals surface area (Å²) in [7, 11) is 0. The van der Waals surface area contributed by atoms with Crippen LogP contribution in [0.25, 0.3) is 0 Å². The maximum atomic E-state index is 6.32. The minimum absolute atomic E-state index is 0.277. The second kappa shape index (κ2) is 7.49. The van der Waals surface area contributed by atoms with Crippen molar-refractivity contribution in [1.82, 2.24) is 5.32 Å². The van der Waals surface area contributed by atoms with Gasteiger partial charge in [0.15, 0.2) is 0 Å². The van der Waals surface area contributed by atoms with E-state index < -0.39 is 0 Å². The zero-order valence-corrected chi connectivity index (χ0v) is 12.8. The van der Waals surface area contributed by atoms with E-state index in [1.54, 1.807) is 0 Å². The Morgan fingerprint density at radius 2 is 2.05 bits per heavy atom. The van der Waals surface area contributed by atoms with E-state index in [1.807, 2.05) is 18.2 Å². The van der Waals surface area contributed by atoms with Gasteiger partial charge in [0.1, 0.15) is 0 Å². The zero-order valence-electron chi connectivity index (χ0n) is 11.3. The lowest BCUT2D eigenvalue weighted by Gasteiger charge is -2.28. The van der Waals surface area contributed by atoms with Gasteiger partial charge in [0.2, 0.25) is 0 Å². The highest BCUT2D eigenvalue weighted by Crippen LogP contribution is 2.32. The molecule has 2 nitrogen and oxygen atoms in total. The molecule has 0 aliphatic carbocycles. The van der Waals surface area contributed by atoms with E-state index in [0.29, 0.717) is 5.92 Å². The molecule has 0 radical (unpaired) electrons. The monoisotopic (exact) mass is 301 g/mol. The molecule has 1 aliphatic rings. The normalized spacial score (nSPS) is 18.5. The van der Waals surface area contributed by atoms with Gasteiger partial charge in [-0.05, 0) is 55.5 Å². The van der Waals surface area contributed by atoms with Gasteiger partial charge in [0, 0.05) is 29.3 Å². The number of nitrogens with one attached hydrogen (secondary N) is 1. The Morgan fingerprint density at radius 3 is 2.74 bits per heavy atom. The molecule has 0 amide bonds. The number of hydrogen-bond acceptors (Lipinski definition) is 2. The molecule has 1 saturated heterocycles. The lowest BCUT2D eigenvalue weighted by Crippen LogP contribution is -2.26. The van der Waals surface area contributed by atoms with Crippen molar-refractivity contribution in [3.63, 3.8) is 0 Å². The van der Waals surface area contributed by atoms with Gasteiger partial charge in [-0.3, -0.25) is 0 Å². The molecule has 0 spiro atoms. The maximum Gasteiger partial charge on any atom is 0.0468 e. The van der Waals surface area contributed by atoms with Crippen molar-refractivity contribution in [2.45, 2.75) is 32.2 Å². The Hall–Kier alpha value is -0.280.